The van der Waals surface area contributed by atoms with Crippen LogP contribution in [0.2, 0.25) is 0 Å². The van der Waals surface area contributed by atoms with Crippen molar-refractivity contribution in [3.05, 3.63) is 65.2 Å². The summed E-state index contributed by atoms with van der Waals surface area (Å²) < 4.78 is 38.3. The average Bonchev–Trinajstić information content (AvgIpc) is 2.68. The van der Waals surface area contributed by atoms with Crippen LogP contribution in [0.25, 0.3) is 0 Å². The lowest BCUT2D eigenvalue weighted by Crippen LogP contribution is -2.49. The Labute approximate surface area is 176 Å². The summed E-state index contributed by atoms with van der Waals surface area (Å²) >= 11 is 0. The molecule has 0 aromatic heterocycles. The minimum atomic E-state index is -0.506. The molecule has 1 aliphatic rings. The maximum absolute atomic E-state index is 14.5. The Morgan fingerprint density at radius 2 is 1.67 bits per heavy atom. The molecule has 30 heavy (non-hydrogen) atoms. The van der Waals surface area contributed by atoms with Crippen LogP contribution < -0.4 is 4.74 Å². The lowest BCUT2D eigenvalue weighted by atomic mass is 10.1. The number of rotatable bonds is 5. The molecule has 2 aromatic carbocycles. The zero-order valence-corrected chi connectivity index (χ0v) is 17.7. The molecule has 0 atom stereocenters. The van der Waals surface area contributed by atoms with Crippen molar-refractivity contribution < 1.29 is 23.0 Å². The predicted molar refractivity (Wildman–Crippen MR) is 110 cm³/mol. The van der Waals surface area contributed by atoms with E-state index in [1.807, 2.05) is 26.8 Å². The smallest absolute Gasteiger partial charge is 0.410 e. The van der Waals surface area contributed by atoms with Gasteiger partial charge in [0.05, 0.1) is 0 Å². The minimum Gasteiger partial charge on any atom is -0.489 e. The molecule has 1 heterocycles. The normalized spacial score (nSPS) is 15.2. The molecule has 3 rings (SSSR count). The summed E-state index contributed by atoms with van der Waals surface area (Å²) in [5.41, 5.74) is 0.801. The van der Waals surface area contributed by atoms with Crippen molar-refractivity contribution in [2.45, 2.75) is 39.5 Å². The fourth-order valence-electron chi connectivity index (χ4n) is 3.17. The molecule has 0 aliphatic carbocycles. The molecule has 0 unspecified atom stereocenters. The summed E-state index contributed by atoms with van der Waals surface area (Å²) in [6.07, 6.45) is -0.293. The molecule has 1 aliphatic heterocycles. The molecular weight excluding hydrogens is 390 g/mol. The van der Waals surface area contributed by atoms with Crippen molar-refractivity contribution in [2.24, 2.45) is 0 Å². The number of hydrogen-bond donors (Lipinski definition) is 0. The molecule has 162 valence electrons. The van der Waals surface area contributed by atoms with Crippen molar-refractivity contribution in [3.8, 4) is 5.75 Å². The molecule has 5 nitrogen and oxygen atoms in total. The van der Waals surface area contributed by atoms with Gasteiger partial charge in [-0.3, -0.25) is 4.90 Å². The van der Waals surface area contributed by atoms with Crippen molar-refractivity contribution in [2.75, 3.05) is 26.2 Å². The largest absolute Gasteiger partial charge is 0.489 e. The monoisotopic (exact) mass is 418 g/mol. The molecule has 0 radical (unpaired) electrons. The molecule has 1 amide bonds. The molecule has 0 bridgehead atoms. The lowest BCUT2D eigenvalue weighted by molar-refractivity contribution is 0.0139. The quantitative estimate of drug-likeness (QED) is 0.712. The second kappa shape index (κ2) is 9.43. The van der Waals surface area contributed by atoms with Crippen LogP contribution in [0.1, 0.15) is 31.9 Å². The number of nitrogens with zero attached hydrogens (tertiary/aromatic N) is 2. The molecule has 1 fully saturated rings. The van der Waals surface area contributed by atoms with E-state index in [4.69, 9.17) is 9.47 Å². The van der Waals surface area contributed by atoms with Gasteiger partial charge in [-0.1, -0.05) is 12.1 Å². The van der Waals surface area contributed by atoms with E-state index < -0.39 is 5.60 Å². The van der Waals surface area contributed by atoms with Gasteiger partial charge >= 0.3 is 6.09 Å². The third kappa shape index (κ3) is 6.42. The van der Waals surface area contributed by atoms with Crippen molar-refractivity contribution >= 4 is 6.09 Å². The fourth-order valence-corrected chi connectivity index (χ4v) is 3.17. The first-order valence-electron chi connectivity index (χ1n) is 10.1. The van der Waals surface area contributed by atoms with Gasteiger partial charge < -0.3 is 14.4 Å². The maximum atomic E-state index is 14.5. The highest BCUT2D eigenvalue weighted by atomic mass is 19.1. The first-order chi connectivity index (χ1) is 14.2. The van der Waals surface area contributed by atoms with Crippen LogP contribution in [-0.2, 0) is 17.9 Å². The van der Waals surface area contributed by atoms with E-state index in [0.717, 1.165) is 5.56 Å². The zero-order valence-electron chi connectivity index (χ0n) is 17.7. The van der Waals surface area contributed by atoms with E-state index in [9.17, 15) is 13.6 Å². The van der Waals surface area contributed by atoms with Gasteiger partial charge in [-0.15, -0.1) is 0 Å². The van der Waals surface area contributed by atoms with Crippen LogP contribution in [0.3, 0.4) is 0 Å². The SMILES string of the molecule is CC(C)(C)OC(=O)N1CCN(Cc2ccc(COc3ccc(F)cc3)c(F)c2)CC1. The van der Waals surface area contributed by atoms with E-state index in [1.165, 1.54) is 30.3 Å². The summed E-state index contributed by atoms with van der Waals surface area (Å²) in [7, 11) is 0. The predicted octanol–water partition coefficient (Wildman–Crippen LogP) is 4.60. The number of carbonyl (C=O) groups excluding carboxylic acids is 1. The van der Waals surface area contributed by atoms with Crippen LogP contribution in [0.4, 0.5) is 13.6 Å². The molecule has 2 aromatic rings. The molecule has 1 saturated heterocycles. The van der Waals surface area contributed by atoms with Crippen molar-refractivity contribution in [3.63, 3.8) is 0 Å². The Hall–Kier alpha value is -2.67. The summed E-state index contributed by atoms with van der Waals surface area (Å²) in [6.45, 7) is 8.82. The third-order valence-electron chi connectivity index (χ3n) is 4.76. The summed E-state index contributed by atoms with van der Waals surface area (Å²) in [6, 6.07) is 10.7. The summed E-state index contributed by atoms with van der Waals surface area (Å²) in [4.78, 5) is 16.0. The summed E-state index contributed by atoms with van der Waals surface area (Å²) in [5.74, 6) is -0.186. The van der Waals surface area contributed by atoms with E-state index in [2.05, 4.69) is 4.90 Å². The number of benzene rings is 2. The van der Waals surface area contributed by atoms with Crippen LogP contribution in [0.15, 0.2) is 42.5 Å². The van der Waals surface area contributed by atoms with Gasteiger partial charge in [-0.25, -0.2) is 13.6 Å². The van der Waals surface area contributed by atoms with E-state index in [1.54, 1.807) is 11.0 Å². The Morgan fingerprint density at radius 3 is 2.27 bits per heavy atom. The van der Waals surface area contributed by atoms with E-state index in [0.29, 0.717) is 44.0 Å². The highest BCUT2D eigenvalue weighted by molar-refractivity contribution is 5.68. The molecule has 7 heteroatoms. The van der Waals surface area contributed by atoms with Gasteiger partial charge in [0.2, 0.25) is 0 Å². The van der Waals surface area contributed by atoms with Gasteiger partial charge in [0.25, 0.3) is 0 Å². The zero-order chi connectivity index (χ0) is 21.7. The molecule has 0 N–H and O–H groups in total. The van der Waals surface area contributed by atoms with Gasteiger partial charge in [-0.05, 0) is 56.7 Å². The number of carbonyl (C=O) groups is 1. The van der Waals surface area contributed by atoms with Crippen LogP contribution >= 0.6 is 0 Å². The Balaban J connectivity index is 1.49. The summed E-state index contributed by atoms with van der Waals surface area (Å²) in [5, 5.41) is 0. The van der Waals surface area contributed by atoms with Gasteiger partial charge in [0.1, 0.15) is 29.6 Å². The Morgan fingerprint density at radius 1 is 1.00 bits per heavy atom. The van der Waals surface area contributed by atoms with Crippen molar-refractivity contribution in [1.82, 2.24) is 9.80 Å². The second-order valence-electron chi connectivity index (χ2n) is 8.41. The van der Waals surface area contributed by atoms with Crippen LogP contribution in [-0.4, -0.2) is 47.7 Å². The Kier molecular flexibility index (Phi) is 6.92. The van der Waals surface area contributed by atoms with Crippen LogP contribution in [0.5, 0.6) is 5.75 Å². The first-order valence-corrected chi connectivity index (χ1v) is 10.1. The fraction of sp³-hybridized carbons (Fsp3) is 0.435. The van der Waals surface area contributed by atoms with Gasteiger partial charge in [0, 0.05) is 38.3 Å². The standard InChI is InChI=1S/C23H28F2N2O3/c1-23(2,3)30-22(28)27-12-10-26(11-13-27)15-17-4-5-18(21(25)14-17)16-29-20-8-6-19(24)7-9-20/h4-9,14H,10-13,15-16H2,1-3H3. The average molecular weight is 418 g/mol. The van der Waals surface area contributed by atoms with Gasteiger partial charge in [0.15, 0.2) is 0 Å². The highest BCUT2D eigenvalue weighted by Crippen LogP contribution is 2.18. The molecule has 0 spiro atoms. The topological polar surface area (TPSA) is 42.0 Å². The van der Waals surface area contributed by atoms with Gasteiger partial charge in [-0.2, -0.15) is 0 Å². The minimum absolute atomic E-state index is 0.0757. The van der Waals surface area contributed by atoms with Crippen molar-refractivity contribution in [1.29, 1.82) is 0 Å². The number of amides is 1. The third-order valence-corrected chi connectivity index (χ3v) is 4.76. The second-order valence-corrected chi connectivity index (χ2v) is 8.41. The molecule has 0 saturated carbocycles. The maximum Gasteiger partial charge on any atom is 0.410 e. The first kappa shape index (κ1) is 22.0. The lowest BCUT2D eigenvalue weighted by Gasteiger charge is -2.35. The van der Waals surface area contributed by atoms with E-state index in [-0.39, 0.29) is 24.3 Å². The van der Waals surface area contributed by atoms with E-state index >= 15 is 0 Å². The Bertz CT molecular complexity index is 858. The number of ether oxygens (including phenoxy) is 2. The number of halogens is 2. The number of piperazine rings is 1. The van der Waals surface area contributed by atoms with Crippen LogP contribution in [0, 0.1) is 11.6 Å². The number of hydrogen-bond acceptors (Lipinski definition) is 4. The molecular formula is C23H28F2N2O3. The highest BCUT2D eigenvalue weighted by Gasteiger charge is 2.25.